The molecule has 1 nitrogen and oxygen atoms in total. The topological polar surface area (TPSA) is 12.9 Å². The van der Waals surface area contributed by atoms with E-state index in [2.05, 4.69) is 4.98 Å². The second-order valence-electron chi connectivity index (χ2n) is 5.01. The Hall–Kier alpha value is -1.22. The van der Waals surface area contributed by atoms with Crippen molar-refractivity contribution in [1.29, 1.82) is 0 Å². The number of rotatable bonds is 0. The molecule has 4 heteroatoms. The molecule has 0 atom stereocenters. The van der Waals surface area contributed by atoms with Crippen LogP contribution in [0, 0.1) is 11.6 Å². The smallest absolute Gasteiger partial charge is 0.185 e. The maximum absolute atomic E-state index is 13.5. The summed E-state index contributed by atoms with van der Waals surface area (Å²) in [6.45, 7) is 5.96. The van der Waals surface area contributed by atoms with Gasteiger partial charge in [0.2, 0.25) is 0 Å². The molecule has 0 aliphatic rings. The summed E-state index contributed by atoms with van der Waals surface area (Å²) in [5.41, 5.74) is 0.601. The van der Waals surface area contributed by atoms with Crippen molar-refractivity contribution in [2.45, 2.75) is 26.2 Å². The van der Waals surface area contributed by atoms with Crippen LogP contribution < -0.4 is 0 Å². The average molecular weight is 256 g/mol. The number of fused-ring (bicyclic) bond motifs is 1. The van der Waals surface area contributed by atoms with Crippen LogP contribution in [0.1, 0.15) is 26.3 Å². The van der Waals surface area contributed by atoms with Gasteiger partial charge in [-0.25, -0.2) is 13.8 Å². The molecule has 0 unspecified atom stereocenters. The highest BCUT2D eigenvalue weighted by atomic mass is 35.5. The number of benzene rings is 1. The largest absolute Gasteiger partial charge is 0.233 e. The minimum absolute atomic E-state index is 0.0250. The monoisotopic (exact) mass is 255 g/mol. The molecule has 0 bridgehead atoms. The average Bonchev–Trinajstić information content (AvgIpc) is 2.22. The molecule has 90 valence electrons. The number of hydrogen-bond donors (Lipinski definition) is 0. The Labute approximate surface area is 103 Å². The van der Waals surface area contributed by atoms with Crippen molar-refractivity contribution >= 4 is 22.5 Å². The first-order valence-electron chi connectivity index (χ1n) is 5.25. The fourth-order valence-electron chi connectivity index (χ4n) is 1.68. The zero-order chi connectivity index (χ0) is 12.8. The zero-order valence-corrected chi connectivity index (χ0v) is 10.6. The van der Waals surface area contributed by atoms with Crippen LogP contribution in [0.4, 0.5) is 8.78 Å². The highest BCUT2D eigenvalue weighted by Gasteiger charge is 2.20. The van der Waals surface area contributed by atoms with Crippen molar-refractivity contribution < 1.29 is 8.78 Å². The SMILES string of the molecule is CC(C)(C)c1cc2ccc(F)c(F)c2nc1Cl. The summed E-state index contributed by atoms with van der Waals surface area (Å²) in [6, 6.07) is 4.36. The predicted octanol–water partition coefficient (Wildman–Crippen LogP) is 4.46. The van der Waals surface area contributed by atoms with Crippen molar-refractivity contribution in [3.8, 4) is 0 Å². The molecule has 0 saturated carbocycles. The molecule has 0 radical (unpaired) electrons. The summed E-state index contributed by atoms with van der Waals surface area (Å²) in [6.07, 6.45) is 0. The summed E-state index contributed by atoms with van der Waals surface area (Å²) in [5.74, 6) is -1.87. The van der Waals surface area contributed by atoms with Crippen LogP contribution in [-0.2, 0) is 5.41 Å². The van der Waals surface area contributed by atoms with E-state index in [4.69, 9.17) is 11.6 Å². The van der Waals surface area contributed by atoms with Gasteiger partial charge in [0.15, 0.2) is 11.6 Å². The summed E-state index contributed by atoms with van der Waals surface area (Å²) < 4.78 is 26.6. The number of halogens is 3. The highest BCUT2D eigenvalue weighted by molar-refractivity contribution is 6.30. The molecule has 0 fully saturated rings. The van der Waals surface area contributed by atoms with Gasteiger partial charge in [0.05, 0.1) is 0 Å². The van der Waals surface area contributed by atoms with Gasteiger partial charge in [-0.2, -0.15) is 0 Å². The molecule has 1 aromatic carbocycles. The molecule has 2 aromatic rings. The summed E-state index contributed by atoms with van der Waals surface area (Å²) in [4.78, 5) is 3.95. The molecule has 0 aliphatic carbocycles. The Morgan fingerprint density at radius 3 is 2.41 bits per heavy atom. The van der Waals surface area contributed by atoms with Gasteiger partial charge in [-0.05, 0) is 29.2 Å². The lowest BCUT2D eigenvalue weighted by atomic mass is 9.87. The molecule has 2 rings (SSSR count). The minimum atomic E-state index is -0.954. The molecule has 0 aliphatic heterocycles. The molecule has 0 amide bonds. The lowest BCUT2D eigenvalue weighted by Gasteiger charge is -2.20. The van der Waals surface area contributed by atoms with E-state index in [0.29, 0.717) is 5.39 Å². The standard InChI is InChI=1S/C13H12ClF2N/c1-13(2,3)8-6-7-4-5-9(15)10(16)11(7)17-12(8)14/h4-6H,1-3H3. The van der Waals surface area contributed by atoms with E-state index in [0.717, 1.165) is 11.6 Å². The van der Waals surface area contributed by atoms with Crippen LogP contribution in [0.25, 0.3) is 10.9 Å². The Balaban J connectivity index is 2.80. The molecule has 0 spiro atoms. The number of pyridine rings is 1. The van der Waals surface area contributed by atoms with Gasteiger partial charge in [0.25, 0.3) is 0 Å². The van der Waals surface area contributed by atoms with Gasteiger partial charge in [0.1, 0.15) is 10.7 Å². The third-order valence-electron chi connectivity index (χ3n) is 2.64. The molecule has 1 heterocycles. The maximum Gasteiger partial charge on any atom is 0.185 e. The van der Waals surface area contributed by atoms with Crippen LogP contribution in [0.2, 0.25) is 5.15 Å². The van der Waals surface area contributed by atoms with E-state index in [1.54, 1.807) is 6.07 Å². The van der Waals surface area contributed by atoms with E-state index in [1.165, 1.54) is 6.07 Å². The Kier molecular flexibility index (Phi) is 2.82. The molecular formula is C13H12ClF2N. The van der Waals surface area contributed by atoms with Crippen molar-refractivity contribution in [2.24, 2.45) is 0 Å². The van der Waals surface area contributed by atoms with Crippen LogP contribution in [0.5, 0.6) is 0 Å². The minimum Gasteiger partial charge on any atom is -0.233 e. The fourth-order valence-corrected chi connectivity index (χ4v) is 2.11. The van der Waals surface area contributed by atoms with Crippen molar-refractivity contribution in [1.82, 2.24) is 4.98 Å². The molecule has 17 heavy (non-hydrogen) atoms. The van der Waals surface area contributed by atoms with Gasteiger partial charge in [-0.15, -0.1) is 0 Å². The van der Waals surface area contributed by atoms with E-state index in [-0.39, 0.29) is 16.1 Å². The Morgan fingerprint density at radius 2 is 1.82 bits per heavy atom. The Morgan fingerprint density at radius 1 is 1.18 bits per heavy atom. The lowest BCUT2D eigenvalue weighted by Crippen LogP contribution is -2.12. The van der Waals surface area contributed by atoms with E-state index in [1.807, 2.05) is 20.8 Å². The second kappa shape index (κ2) is 3.91. The maximum atomic E-state index is 13.5. The Bertz CT molecular complexity index is 588. The second-order valence-corrected chi connectivity index (χ2v) is 5.37. The normalized spacial score (nSPS) is 12.1. The third-order valence-corrected chi connectivity index (χ3v) is 2.93. The number of hydrogen-bond acceptors (Lipinski definition) is 1. The first kappa shape index (κ1) is 12.2. The van der Waals surface area contributed by atoms with E-state index < -0.39 is 11.6 Å². The molecule has 0 saturated heterocycles. The first-order valence-corrected chi connectivity index (χ1v) is 5.63. The predicted molar refractivity (Wildman–Crippen MR) is 65.4 cm³/mol. The summed E-state index contributed by atoms with van der Waals surface area (Å²) in [5, 5.41) is 0.771. The quantitative estimate of drug-likeness (QED) is 0.633. The zero-order valence-electron chi connectivity index (χ0n) is 9.81. The van der Waals surface area contributed by atoms with Crippen molar-refractivity contribution in [3.05, 3.63) is 40.6 Å². The fraction of sp³-hybridized carbons (Fsp3) is 0.308. The van der Waals surface area contributed by atoms with Gasteiger partial charge >= 0.3 is 0 Å². The molecular weight excluding hydrogens is 244 g/mol. The van der Waals surface area contributed by atoms with Crippen molar-refractivity contribution in [2.75, 3.05) is 0 Å². The molecule has 1 aromatic heterocycles. The first-order chi connectivity index (χ1) is 7.80. The van der Waals surface area contributed by atoms with Crippen LogP contribution in [0.15, 0.2) is 18.2 Å². The summed E-state index contributed by atoms with van der Waals surface area (Å²) in [7, 11) is 0. The number of aromatic nitrogens is 1. The summed E-state index contributed by atoms with van der Waals surface area (Å²) >= 11 is 6.01. The van der Waals surface area contributed by atoms with Gasteiger partial charge in [-0.1, -0.05) is 32.4 Å². The number of nitrogens with zero attached hydrogens (tertiary/aromatic N) is 1. The van der Waals surface area contributed by atoms with Crippen LogP contribution in [0.3, 0.4) is 0 Å². The highest BCUT2D eigenvalue weighted by Crippen LogP contribution is 2.31. The molecule has 0 N–H and O–H groups in total. The third kappa shape index (κ3) is 2.12. The lowest BCUT2D eigenvalue weighted by molar-refractivity contribution is 0.515. The van der Waals surface area contributed by atoms with Gasteiger partial charge in [-0.3, -0.25) is 0 Å². The van der Waals surface area contributed by atoms with E-state index >= 15 is 0 Å². The van der Waals surface area contributed by atoms with Gasteiger partial charge < -0.3 is 0 Å². The van der Waals surface area contributed by atoms with E-state index in [9.17, 15) is 8.78 Å². The van der Waals surface area contributed by atoms with Crippen LogP contribution in [-0.4, -0.2) is 4.98 Å². The van der Waals surface area contributed by atoms with Crippen LogP contribution >= 0.6 is 11.6 Å². The van der Waals surface area contributed by atoms with Crippen molar-refractivity contribution in [3.63, 3.8) is 0 Å². The van der Waals surface area contributed by atoms with Gasteiger partial charge in [0, 0.05) is 5.39 Å².